The fourth-order valence-electron chi connectivity index (χ4n) is 2.44. The quantitative estimate of drug-likeness (QED) is 0.652. The molecule has 2 heterocycles. The van der Waals surface area contributed by atoms with E-state index in [0.29, 0.717) is 13.0 Å². The van der Waals surface area contributed by atoms with Crippen LogP contribution in [-0.4, -0.2) is 63.6 Å². The SMILES string of the molecule is CC(C)(C(=O)NCCc1nc(C(=O)O)cs1)N1CCCC1.O=CO. The van der Waals surface area contributed by atoms with Gasteiger partial charge in [0.15, 0.2) is 5.69 Å². The minimum Gasteiger partial charge on any atom is -0.483 e. The van der Waals surface area contributed by atoms with Crippen LogP contribution in [0, 0.1) is 0 Å². The average Bonchev–Trinajstić information content (AvgIpc) is 3.20. The number of hydrogen-bond donors (Lipinski definition) is 3. The number of thiazole rings is 1. The monoisotopic (exact) mass is 357 g/mol. The van der Waals surface area contributed by atoms with Gasteiger partial charge in [0.2, 0.25) is 5.91 Å². The Morgan fingerprint density at radius 1 is 1.42 bits per heavy atom. The number of aromatic nitrogens is 1. The Balaban J connectivity index is 0.000000891. The van der Waals surface area contributed by atoms with Gasteiger partial charge in [-0.15, -0.1) is 11.3 Å². The van der Waals surface area contributed by atoms with Gasteiger partial charge in [-0.1, -0.05) is 0 Å². The lowest BCUT2D eigenvalue weighted by molar-refractivity contribution is -0.131. The van der Waals surface area contributed by atoms with Crippen molar-refractivity contribution in [3.8, 4) is 0 Å². The van der Waals surface area contributed by atoms with Crippen LogP contribution in [0.25, 0.3) is 0 Å². The smallest absolute Gasteiger partial charge is 0.355 e. The molecule has 24 heavy (non-hydrogen) atoms. The molecule has 0 saturated carbocycles. The van der Waals surface area contributed by atoms with E-state index < -0.39 is 11.5 Å². The van der Waals surface area contributed by atoms with Gasteiger partial charge in [0.25, 0.3) is 6.47 Å². The van der Waals surface area contributed by atoms with Gasteiger partial charge >= 0.3 is 5.97 Å². The maximum Gasteiger partial charge on any atom is 0.355 e. The van der Waals surface area contributed by atoms with Crippen LogP contribution >= 0.6 is 11.3 Å². The van der Waals surface area contributed by atoms with Gasteiger partial charge in [-0.3, -0.25) is 14.5 Å². The van der Waals surface area contributed by atoms with Crippen LogP contribution < -0.4 is 5.32 Å². The van der Waals surface area contributed by atoms with Crippen molar-refractivity contribution in [2.75, 3.05) is 19.6 Å². The van der Waals surface area contributed by atoms with Crippen LogP contribution in [-0.2, 0) is 16.0 Å². The Morgan fingerprint density at radius 3 is 2.50 bits per heavy atom. The molecule has 0 bridgehead atoms. The molecule has 0 aromatic carbocycles. The first kappa shape index (κ1) is 20.0. The number of amides is 1. The zero-order valence-corrected chi connectivity index (χ0v) is 14.6. The third-order valence-corrected chi connectivity index (χ3v) is 4.76. The van der Waals surface area contributed by atoms with Crippen LogP contribution in [0.3, 0.4) is 0 Å². The highest BCUT2D eigenvalue weighted by Crippen LogP contribution is 2.21. The third kappa shape index (κ3) is 5.57. The van der Waals surface area contributed by atoms with Crippen molar-refractivity contribution < 1.29 is 24.6 Å². The lowest BCUT2D eigenvalue weighted by Crippen LogP contribution is -2.54. The van der Waals surface area contributed by atoms with Crippen LogP contribution in [0.2, 0.25) is 0 Å². The molecular weight excluding hydrogens is 334 g/mol. The first-order valence-corrected chi connectivity index (χ1v) is 8.49. The van der Waals surface area contributed by atoms with Crippen LogP contribution in [0.15, 0.2) is 5.38 Å². The Morgan fingerprint density at radius 2 is 2.00 bits per heavy atom. The summed E-state index contributed by atoms with van der Waals surface area (Å²) in [5.41, 5.74) is -0.426. The summed E-state index contributed by atoms with van der Waals surface area (Å²) in [6.07, 6.45) is 2.85. The summed E-state index contributed by atoms with van der Waals surface area (Å²) >= 11 is 1.31. The summed E-state index contributed by atoms with van der Waals surface area (Å²) in [5.74, 6) is -1.00. The zero-order chi connectivity index (χ0) is 18.2. The van der Waals surface area contributed by atoms with Crippen LogP contribution in [0.1, 0.15) is 42.2 Å². The van der Waals surface area contributed by atoms with Gasteiger partial charge in [0.05, 0.1) is 10.5 Å². The molecule has 1 amide bonds. The highest BCUT2D eigenvalue weighted by atomic mass is 32.1. The standard InChI is InChI=1S/C14H21N3O3S.CH2O2/c1-14(2,17-7-3-4-8-17)13(20)15-6-5-11-16-10(9-21-11)12(18)19;2-1-3/h9H,3-8H2,1-2H3,(H,15,20)(H,18,19);1H,(H,2,3). The number of likely N-dealkylation sites (tertiary alicyclic amines) is 1. The molecule has 1 saturated heterocycles. The fraction of sp³-hybridized carbons (Fsp3) is 0.600. The Hall–Kier alpha value is -2.00. The Bertz CT molecular complexity index is 567. The van der Waals surface area contributed by atoms with Crippen LogP contribution in [0.4, 0.5) is 0 Å². The minimum atomic E-state index is -1.02. The average molecular weight is 357 g/mol. The van der Waals surface area contributed by atoms with E-state index in [-0.39, 0.29) is 18.1 Å². The van der Waals surface area contributed by atoms with Crippen molar-refractivity contribution in [2.24, 2.45) is 0 Å². The molecule has 0 aliphatic carbocycles. The number of hydrogen-bond acceptors (Lipinski definition) is 6. The van der Waals surface area contributed by atoms with E-state index in [1.54, 1.807) is 0 Å². The van der Waals surface area contributed by atoms with E-state index in [9.17, 15) is 9.59 Å². The molecule has 9 heteroatoms. The number of nitrogens with zero attached hydrogens (tertiary/aromatic N) is 2. The maximum atomic E-state index is 12.3. The first-order valence-electron chi connectivity index (χ1n) is 7.61. The van der Waals surface area contributed by atoms with E-state index in [1.165, 1.54) is 16.7 Å². The van der Waals surface area contributed by atoms with Crippen molar-refractivity contribution in [3.63, 3.8) is 0 Å². The van der Waals surface area contributed by atoms with E-state index in [2.05, 4.69) is 15.2 Å². The molecule has 1 fully saturated rings. The van der Waals surface area contributed by atoms with Gasteiger partial charge < -0.3 is 15.5 Å². The van der Waals surface area contributed by atoms with Crippen molar-refractivity contribution in [2.45, 2.75) is 38.6 Å². The van der Waals surface area contributed by atoms with Gasteiger partial charge in [0.1, 0.15) is 0 Å². The molecule has 2 rings (SSSR count). The van der Waals surface area contributed by atoms with Crippen molar-refractivity contribution in [3.05, 3.63) is 16.1 Å². The third-order valence-electron chi connectivity index (χ3n) is 3.85. The number of carbonyl (C=O) groups is 3. The molecule has 0 unspecified atom stereocenters. The molecule has 8 nitrogen and oxygen atoms in total. The highest BCUT2D eigenvalue weighted by molar-refractivity contribution is 7.09. The first-order chi connectivity index (χ1) is 11.3. The number of aromatic carboxylic acids is 1. The topological polar surface area (TPSA) is 120 Å². The second kappa shape index (κ2) is 9.33. The summed E-state index contributed by atoms with van der Waals surface area (Å²) in [6, 6.07) is 0. The van der Waals surface area contributed by atoms with Crippen molar-refractivity contribution in [1.82, 2.24) is 15.2 Å². The van der Waals surface area contributed by atoms with Gasteiger partial charge in [0, 0.05) is 18.3 Å². The summed E-state index contributed by atoms with van der Waals surface area (Å²) in [4.78, 5) is 37.6. The summed E-state index contributed by atoms with van der Waals surface area (Å²) in [7, 11) is 0. The van der Waals surface area contributed by atoms with E-state index >= 15 is 0 Å². The van der Waals surface area contributed by atoms with E-state index in [4.69, 9.17) is 15.0 Å². The van der Waals surface area contributed by atoms with Gasteiger partial charge in [-0.05, 0) is 39.8 Å². The second-order valence-corrected chi connectivity index (χ2v) is 6.74. The number of rotatable bonds is 6. The molecule has 134 valence electrons. The maximum absolute atomic E-state index is 12.3. The number of carbonyl (C=O) groups excluding carboxylic acids is 1. The molecule has 1 aromatic heterocycles. The molecule has 1 aromatic rings. The molecule has 0 spiro atoms. The Labute approximate surface area is 144 Å². The largest absolute Gasteiger partial charge is 0.483 e. The zero-order valence-electron chi connectivity index (χ0n) is 13.8. The molecule has 3 N–H and O–H groups in total. The molecule has 0 radical (unpaired) electrons. The number of carboxylic acids is 1. The predicted octanol–water partition coefficient (Wildman–Crippen LogP) is 1.08. The Kier molecular flexibility index (Phi) is 7.80. The molecular formula is C15H23N3O5S. The van der Waals surface area contributed by atoms with Crippen molar-refractivity contribution >= 4 is 29.7 Å². The summed E-state index contributed by atoms with van der Waals surface area (Å²) in [5, 5.41) is 20.9. The number of nitrogens with one attached hydrogen (secondary N) is 1. The highest BCUT2D eigenvalue weighted by Gasteiger charge is 2.35. The van der Waals surface area contributed by atoms with Crippen molar-refractivity contribution in [1.29, 1.82) is 0 Å². The normalized spacial score (nSPS) is 14.6. The molecule has 0 atom stereocenters. The van der Waals surface area contributed by atoms with Crippen LogP contribution in [0.5, 0.6) is 0 Å². The molecule has 1 aliphatic rings. The lowest BCUT2D eigenvalue weighted by atomic mass is 10.0. The number of carboxylic acid groups (broad SMARTS) is 2. The summed E-state index contributed by atoms with van der Waals surface area (Å²) < 4.78 is 0. The lowest BCUT2D eigenvalue weighted by Gasteiger charge is -2.33. The minimum absolute atomic E-state index is 0.0133. The van der Waals surface area contributed by atoms with Gasteiger partial charge in [-0.2, -0.15) is 0 Å². The molecule has 1 aliphatic heterocycles. The second-order valence-electron chi connectivity index (χ2n) is 5.80. The fourth-order valence-corrected chi connectivity index (χ4v) is 3.22. The summed E-state index contributed by atoms with van der Waals surface area (Å²) in [6.45, 7) is 6.05. The van der Waals surface area contributed by atoms with E-state index in [0.717, 1.165) is 30.9 Å². The van der Waals surface area contributed by atoms with E-state index in [1.807, 2.05) is 13.8 Å². The van der Waals surface area contributed by atoms with Gasteiger partial charge in [-0.25, -0.2) is 9.78 Å². The predicted molar refractivity (Wildman–Crippen MR) is 89.4 cm³/mol.